The second kappa shape index (κ2) is 12.8. The van der Waals surface area contributed by atoms with Gasteiger partial charge in [0.1, 0.15) is 11.8 Å². The van der Waals surface area contributed by atoms with Crippen LogP contribution < -0.4 is 10.6 Å². The van der Waals surface area contributed by atoms with Crippen LogP contribution in [0.1, 0.15) is 27.9 Å². The topological polar surface area (TPSA) is 116 Å². The van der Waals surface area contributed by atoms with Gasteiger partial charge in [-0.25, -0.2) is 4.79 Å². The number of benzene rings is 4. The van der Waals surface area contributed by atoms with Gasteiger partial charge in [-0.15, -0.1) is 0 Å². The van der Waals surface area contributed by atoms with Crippen LogP contribution in [0, 0.1) is 0 Å². The number of anilines is 1. The van der Waals surface area contributed by atoms with E-state index in [0.29, 0.717) is 18.5 Å². The highest BCUT2D eigenvalue weighted by atomic mass is 35.5. The van der Waals surface area contributed by atoms with Crippen LogP contribution in [0.25, 0.3) is 11.1 Å². The van der Waals surface area contributed by atoms with Crippen molar-refractivity contribution < 1.29 is 24.6 Å². The molecule has 8 heteroatoms. The number of hydrogen-bond acceptors (Lipinski definition) is 4. The summed E-state index contributed by atoms with van der Waals surface area (Å²) >= 11 is 6.06. The molecule has 2 amide bonds. The second-order valence-electron chi connectivity index (χ2n) is 9.04. The summed E-state index contributed by atoms with van der Waals surface area (Å²) in [4.78, 5) is 36.8. The molecule has 4 N–H and O–H groups in total. The second-order valence-corrected chi connectivity index (χ2v) is 9.45. The van der Waals surface area contributed by atoms with Crippen molar-refractivity contribution in [2.75, 3.05) is 5.32 Å². The van der Waals surface area contributed by atoms with Crippen LogP contribution in [0.2, 0.25) is 5.02 Å². The molecule has 0 spiro atoms. The van der Waals surface area contributed by atoms with Crippen molar-refractivity contribution in [2.45, 2.75) is 25.3 Å². The summed E-state index contributed by atoms with van der Waals surface area (Å²) in [5.41, 5.74) is 4.37. The molecule has 0 aromatic heterocycles. The predicted octanol–water partition coefficient (Wildman–Crippen LogP) is 5.71. The van der Waals surface area contributed by atoms with E-state index in [0.717, 1.165) is 22.3 Å². The Morgan fingerprint density at radius 1 is 0.795 bits per heavy atom. The van der Waals surface area contributed by atoms with Gasteiger partial charge in [0.25, 0.3) is 5.91 Å². The fraction of sp³-hybridized carbons (Fsp3) is 0.129. The monoisotopic (exact) mass is 542 g/mol. The normalized spacial score (nSPS) is 11.4. The lowest BCUT2D eigenvalue weighted by molar-refractivity contribution is -0.139. The van der Waals surface area contributed by atoms with Crippen LogP contribution >= 0.6 is 11.6 Å². The minimum atomic E-state index is -1.15. The van der Waals surface area contributed by atoms with Crippen molar-refractivity contribution in [1.29, 1.82) is 0 Å². The maximum atomic E-state index is 12.5. The first kappa shape index (κ1) is 27.4. The molecule has 4 aromatic carbocycles. The Labute approximate surface area is 231 Å². The first-order valence-corrected chi connectivity index (χ1v) is 12.7. The summed E-state index contributed by atoms with van der Waals surface area (Å²) in [5.74, 6) is -1.62. The molecule has 4 aromatic rings. The summed E-state index contributed by atoms with van der Waals surface area (Å²) in [6.07, 6.45) is 0.966. The van der Waals surface area contributed by atoms with Crippen molar-refractivity contribution in [1.82, 2.24) is 5.32 Å². The van der Waals surface area contributed by atoms with Crippen LogP contribution in [0.4, 0.5) is 5.69 Å². The van der Waals surface area contributed by atoms with E-state index in [9.17, 15) is 24.6 Å². The van der Waals surface area contributed by atoms with Gasteiger partial charge in [-0.3, -0.25) is 9.59 Å². The van der Waals surface area contributed by atoms with E-state index in [-0.39, 0.29) is 28.7 Å². The molecule has 0 heterocycles. The Balaban J connectivity index is 1.37. The lowest BCUT2D eigenvalue weighted by Crippen LogP contribution is -2.42. The van der Waals surface area contributed by atoms with E-state index < -0.39 is 17.9 Å². The minimum Gasteiger partial charge on any atom is -0.508 e. The van der Waals surface area contributed by atoms with E-state index in [1.807, 2.05) is 48.5 Å². The molecule has 0 fully saturated rings. The summed E-state index contributed by atoms with van der Waals surface area (Å²) in [6, 6.07) is 26.9. The molecule has 0 radical (unpaired) electrons. The molecule has 0 aliphatic heterocycles. The zero-order valence-corrected chi connectivity index (χ0v) is 21.7. The molecule has 1 unspecified atom stereocenters. The quantitative estimate of drug-likeness (QED) is 0.205. The summed E-state index contributed by atoms with van der Waals surface area (Å²) in [6.45, 7) is 0. The van der Waals surface area contributed by atoms with E-state index in [1.165, 1.54) is 6.07 Å². The van der Waals surface area contributed by atoms with Crippen molar-refractivity contribution in [3.05, 3.63) is 119 Å². The zero-order chi connectivity index (χ0) is 27.8. The highest BCUT2D eigenvalue weighted by molar-refractivity contribution is 6.33. The van der Waals surface area contributed by atoms with Crippen LogP contribution in [0.3, 0.4) is 0 Å². The van der Waals surface area contributed by atoms with Gasteiger partial charge in [-0.1, -0.05) is 72.3 Å². The average Bonchev–Trinajstić information content (AvgIpc) is 2.93. The first-order valence-electron chi connectivity index (χ1n) is 12.3. The van der Waals surface area contributed by atoms with Gasteiger partial charge in [-0.05, 0) is 65.1 Å². The molecule has 1 atom stereocenters. The molecule has 0 saturated carbocycles. The van der Waals surface area contributed by atoms with E-state index in [4.69, 9.17) is 11.6 Å². The Morgan fingerprint density at radius 3 is 2.18 bits per heavy atom. The minimum absolute atomic E-state index is 0.100. The van der Waals surface area contributed by atoms with Crippen molar-refractivity contribution >= 4 is 35.1 Å². The van der Waals surface area contributed by atoms with Gasteiger partial charge in [0, 0.05) is 18.5 Å². The fourth-order valence-electron chi connectivity index (χ4n) is 4.07. The Hall–Kier alpha value is -4.62. The highest BCUT2D eigenvalue weighted by Crippen LogP contribution is 2.24. The number of aromatic hydroxyl groups is 1. The lowest BCUT2D eigenvalue weighted by atomic mass is 10.00. The number of carboxylic acid groups (broad SMARTS) is 1. The summed E-state index contributed by atoms with van der Waals surface area (Å²) in [7, 11) is 0. The van der Waals surface area contributed by atoms with Crippen molar-refractivity contribution in [3.63, 3.8) is 0 Å². The van der Waals surface area contributed by atoms with Gasteiger partial charge >= 0.3 is 5.97 Å². The molecule has 7 nitrogen and oxygen atoms in total. The molecule has 0 aliphatic rings. The predicted molar refractivity (Wildman–Crippen MR) is 151 cm³/mol. The fourth-order valence-corrected chi connectivity index (χ4v) is 4.29. The van der Waals surface area contributed by atoms with E-state index in [1.54, 1.807) is 42.5 Å². The number of amides is 2. The Kier molecular flexibility index (Phi) is 8.97. The number of nitrogens with one attached hydrogen (secondary N) is 2. The van der Waals surface area contributed by atoms with Gasteiger partial charge in [0.05, 0.1) is 10.6 Å². The molecule has 4 rings (SSSR count). The zero-order valence-electron chi connectivity index (χ0n) is 20.9. The Bertz CT molecular complexity index is 1470. The largest absolute Gasteiger partial charge is 0.508 e. The SMILES string of the molecule is O=C(CCc1ccc(O)cc1)Nc1cccc(-c2ccc(CC(NC(=O)c3ccccc3Cl)C(=O)O)cc2)c1. The number of halogens is 1. The number of hydrogen-bond donors (Lipinski definition) is 4. The van der Waals surface area contributed by atoms with Gasteiger partial charge < -0.3 is 20.8 Å². The van der Waals surface area contributed by atoms with Gasteiger partial charge in [-0.2, -0.15) is 0 Å². The molecule has 198 valence electrons. The molecule has 0 aliphatic carbocycles. The average molecular weight is 543 g/mol. The van der Waals surface area contributed by atoms with Crippen LogP contribution in [0.5, 0.6) is 5.75 Å². The van der Waals surface area contributed by atoms with Crippen LogP contribution in [0.15, 0.2) is 97.1 Å². The van der Waals surface area contributed by atoms with E-state index in [2.05, 4.69) is 10.6 Å². The van der Waals surface area contributed by atoms with Crippen LogP contribution in [-0.4, -0.2) is 34.0 Å². The summed E-state index contributed by atoms with van der Waals surface area (Å²) in [5, 5.41) is 24.7. The molecule has 0 saturated heterocycles. The number of carbonyl (C=O) groups is 3. The number of aryl methyl sites for hydroxylation is 1. The first-order chi connectivity index (χ1) is 18.8. The maximum absolute atomic E-state index is 12.5. The van der Waals surface area contributed by atoms with Gasteiger partial charge in [0.15, 0.2) is 0 Å². The number of carboxylic acids is 1. The molecular weight excluding hydrogens is 516 g/mol. The number of carbonyl (C=O) groups excluding carboxylic acids is 2. The van der Waals surface area contributed by atoms with Crippen molar-refractivity contribution in [2.24, 2.45) is 0 Å². The maximum Gasteiger partial charge on any atom is 0.326 e. The summed E-state index contributed by atoms with van der Waals surface area (Å²) < 4.78 is 0. The third-order valence-electron chi connectivity index (χ3n) is 6.17. The number of phenols is 1. The smallest absolute Gasteiger partial charge is 0.326 e. The number of phenolic OH excluding ortho intramolecular Hbond substituents is 1. The molecule has 0 bridgehead atoms. The number of rotatable bonds is 10. The van der Waals surface area contributed by atoms with Gasteiger partial charge in [0.2, 0.25) is 5.91 Å². The Morgan fingerprint density at radius 2 is 1.49 bits per heavy atom. The number of aliphatic carboxylic acids is 1. The third-order valence-corrected chi connectivity index (χ3v) is 6.50. The third kappa shape index (κ3) is 7.69. The molecular formula is C31H27ClN2O5. The van der Waals surface area contributed by atoms with Crippen molar-refractivity contribution in [3.8, 4) is 16.9 Å². The van der Waals surface area contributed by atoms with Crippen LogP contribution in [-0.2, 0) is 22.4 Å². The lowest BCUT2D eigenvalue weighted by Gasteiger charge is -2.15. The molecule has 39 heavy (non-hydrogen) atoms. The van der Waals surface area contributed by atoms with E-state index >= 15 is 0 Å². The standard InChI is InChI=1S/C31H27ClN2O5/c32-27-7-2-1-6-26(27)30(37)34-28(31(38)39)18-21-8-13-22(14-9-21)23-4-3-5-24(19-23)33-29(36)17-12-20-10-15-25(35)16-11-20/h1-11,13-16,19,28,35H,12,17-18H2,(H,33,36)(H,34,37)(H,38,39). The highest BCUT2D eigenvalue weighted by Gasteiger charge is 2.22.